The first-order valence-corrected chi connectivity index (χ1v) is 5.22. The van der Waals surface area contributed by atoms with Gasteiger partial charge in [-0.05, 0) is 34.5 Å². The molecule has 0 N–H and O–H groups in total. The molecule has 0 aliphatic rings. The fourth-order valence-corrected chi connectivity index (χ4v) is 2.66. The average Bonchev–Trinajstić information content (AvgIpc) is 2.01. The van der Waals surface area contributed by atoms with Crippen LogP contribution in [0.3, 0.4) is 0 Å². The molecule has 0 amide bonds. The van der Waals surface area contributed by atoms with Gasteiger partial charge in [-0.3, -0.25) is 0 Å². The SMILES string of the molecule is COc1c(Cl)cc(Br)c(C)c1Br. The second-order valence-electron chi connectivity index (χ2n) is 2.31. The first-order chi connectivity index (χ1) is 5.57. The van der Waals surface area contributed by atoms with Gasteiger partial charge in [-0.15, -0.1) is 0 Å². The Bertz CT molecular complexity index is 312. The molecule has 1 aromatic rings. The van der Waals surface area contributed by atoms with E-state index in [0.29, 0.717) is 10.8 Å². The number of hydrogen-bond donors (Lipinski definition) is 0. The van der Waals surface area contributed by atoms with Crippen molar-refractivity contribution < 1.29 is 4.74 Å². The molecule has 1 aromatic carbocycles. The topological polar surface area (TPSA) is 9.23 Å². The van der Waals surface area contributed by atoms with Crippen LogP contribution in [0.5, 0.6) is 5.75 Å². The molecule has 4 heteroatoms. The normalized spacial score (nSPS) is 10.1. The van der Waals surface area contributed by atoms with E-state index in [1.165, 1.54) is 0 Å². The summed E-state index contributed by atoms with van der Waals surface area (Å²) in [5, 5.41) is 0.599. The maximum absolute atomic E-state index is 5.92. The maximum atomic E-state index is 5.92. The average molecular weight is 314 g/mol. The number of benzene rings is 1. The van der Waals surface area contributed by atoms with Crippen molar-refractivity contribution in [3.63, 3.8) is 0 Å². The van der Waals surface area contributed by atoms with E-state index >= 15 is 0 Å². The molecule has 0 aliphatic heterocycles. The van der Waals surface area contributed by atoms with Gasteiger partial charge < -0.3 is 4.74 Å². The molecule has 0 radical (unpaired) electrons. The predicted molar refractivity (Wildman–Crippen MR) is 58.1 cm³/mol. The molecule has 0 aromatic heterocycles. The Morgan fingerprint density at radius 1 is 1.42 bits per heavy atom. The Morgan fingerprint density at radius 3 is 2.50 bits per heavy atom. The molecule has 0 aliphatic carbocycles. The molecule has 0 saturated heterocycles. The van der Waals surface area contributed by atoms with Gasteiger partial charge in [-0.1, -0.05) is 27.5 Å². The van der Waals surface area contributed by atoms with E-state index in [2.05, 4.69) is 31.9 Å². The van der Waals surface area contributed by atoms with Gasteiger partial charge in [0.2, 0.25) is 0 Å². The molecule has 0 bridgehead atoms. The lowest BCUT2D eigenvalue weighted by Crippen LogP contribution is -1.89. The lowest BCUT2D eigenvalue weighted by atomic mass is 10.2. The van der Waals surface area contributed by atoms with Gasteiger partial charge in [0.05, 0.1) is 16.6 Å². The summed E-state index contributed by atoms with van der Waals surface area (Å²) in [5.41, 5.74) is 1.08. The minimum Gasteiger partial charge on any atom is -0.494 e. The summed E-state index contributed by atoms with van der Waals surface area (Å²) < 4.78 is 6.98. The lowest BCUT2D eigenvalue weighted by Gasteiger charge is -2.09. The highest BCUT2D eigenvalue weighted by molar-refractivity contribution is 9.11. The molecular formula is C8H7Br2ClO. The van der Waals surface area contributed by atoms with Crippen LogP contribution in [0.25, 0.3) is 0 Å². The molecule has 0 unspecified atom stereocenters. The summed E-state index contributed by atoms with van der Waals surface area (Å²) in [7, 11) is 1.60. The van der Waals surface area contributed by atoms with Crippen LogP contribution in [-0.2, 0) is 0 Å². The molecule has 0 fully saturated rings. The molecular weight excluding hydrogens is 307 g/mol. The van der Waals surface area contributed by atoms with Gasteiger partial charge in [0.25, 0.3) is 0 Å². The minimum absolute atomic E-state index is 0.599. The Hall–Kier alpha value is 0.270. The van der Waals surface area contributed by atoms with Crippen LogP contribution in [0.4, 0.5) is 0 Å². The third-order valence-corrected chi connectivity index (χ3v) is 3.62. The fourth-order valence-electron chi connectivity index (χ4n) is 0.852. The first-order valence-electron chi connectivity index (χ1n) is 3.26. The smallest absolute Gasteiger partial charge is 0.151 e. The molecule has 1 rings (SSSR count). The highest BCUT2D eigenvalue weighted by Crippen LogP contribution is 2.39. The van der Waals surface area contributed by atoms with Crippen LogP contribution in [-0.4, -0.2) is 7.11 Å². The fraction of sp³-hybridized carbons (Fsp3) is 0.250. The standard InChI is InChI=1S/C8H7Br2ClO/c1-4-5(9)3-6(11)8(12-2)7(4)10/h3H,1-2H3. The van der Waals surface area contributed by atoms with Crippen LogP contribution < -0.4 is 4.74 Å². The Morgan fingerprint density at radius 2 is 2.00 bits per heavy atom. The lowest BCUT2D eigenvalue weighted by molar-refractivity contribution is 0.412. The second-order valence-corrected chi connectivity index (χ2v) is 4.37. The molecule has 0 atom stereocenters. The summed E-state index contributed by atoms with van der Waals surface area (Å²) >= 11 is 12.7. The Balaban J connectivity index is 3.40. The van der Waals surface area contributed by atoms with Crippen molar-refractivity contribution in [3.05, 3.63) is 25.6 Å². The van der Waals surface area contributed by atoms with Crippen molar-refractivity contribution in [2.75, 3.05) is 7.11 Å². The molecule has 0 spiro atoms. The van der Waals surface area contributed by atoms with Crippen LogP contribution >= 0.6 is 43.5 Å². The van der Waals surface area contributed by atoms with Crippen LogP contribution in [0.15, 0.2) is 15.0 Å². The van der Waals surface area contributed by atoms with Gasteiger partial charge in [-0.25, -0.2) is 0 Å². The highest BCUT2D eigenvalue weighted by Gasteiger charge is 2.11. The number of hydrogen-bond acceptors (Lipinski definition) is 1. The third kappa shape index (κ3) is 1.78. The van der Waals surface area contributed by atoms with E-state index in [0.717, 1.165) is 14.5 Å². The van der Waals surface area contributed by atoms with E-state index in [-0.39, 0.29) is 0 Å². The van der Waals surface area contributed by atoms with Gasteiger partial charge in [0.1, 0.15) is 0 Å². The van der Waals surface area contributed by atoms with E-state index in [1.807, 2.05) is 13.0 Å². The summed E-state index contributed by atoms with van der Waals surface area (Å²) in [6.07, 6.45) is 0. The van der Waals surface area contributed by atoms with Gasteiger partial charge in [0.15, 0.2) is 5.75 Å². The van der Waals surface area contributed by atoms with Crippen LogP contribution in [0.1, 0.15) is 5.56 Å². The molecule has 12 heavy (non-hydrogen) atoms. The van der Waals surface area contributed by atoms with E-state index < -0.39 is 0 Å². The van der Waals surface area contributed by atoms with Crippen molar-refractivity contribution in [2.45, 2.75) is 6.92 Å². The van der Waals surface area contributed by atoms with Crippen molar-refractivity contribution >= 4 is 43.5 Å². The molecule has 66 valence electrons. The highest BCUT2D eigenvalue weighted by atomic mass is 79.9. The van der Waals surface area contributed by atoms with E-state index in [1.54, 1.807) is 7.11 Å². The molecule has 0 heterocycles. The van der Waals surface area contributed by atoms with Crippen LogP contribution in [0.2, 0.25) is 5.02 Å². The summed E-state index contributed by atoms with van der Waals surface area (Å²) in [5.74, 6) is 0.678. The second kappa shape index (κ2) is 3.99. The zero-order valence-corrected chi connectivity index (χ0v) is 10.5. The number of methoxy groups -OCH3 is 1. The first kappa shape index (κ1) is 10.4. The zero-order valence-electron chi connectivity index (χ0n) is 6.62. The van der Waals surface area contributed by atoms with Gasteiger partial charge in [-0.2, -0.15) is 0 Å². The molecule has 1 nitrogen and oxygen atoms in total. The van der Waals surface area contributed by atoms with Gasteiger partial charge in [0, 0.05) is 4.47 Å². The number of rotatable bonds is 1. The predicted octanol–water partition coefficient (Wildman–Crippen LogP) is 4.18. The summed E-state index contributed by atoms with van der Waals surface area (Å²) in [4.78, 5) is 0. The molecule has 0 saturated carbocycles. The van der Waals surface area contributed by atoms with Crippen LogP contribution in [0, 0.1) is 6.92 Å². The van der Waals surface area contributed by atoms with Crippen molar-refractivity contribution in [2.24, 2.45) is 0 Å². The van der Waals surface area contributed by atoms with E-state index in [9.17, 15) is 0 Å². The zero-order chi connectivity index (χ0) is 9.30. The quantitative estimate of drug-likeness (QED) is 0.755. The monoisotopic (exact) mass is 312 g/mol. The van der Waals surface area contributed by atoms with E-state index in [4.69, 9.17) is 16.3 Å². The van der Waals surface area contributed by atoms with Crippen molar-refractivity contribution in [1.82, 2.24) is 0 Å². The van der Waals surface area contributed by atoms with Gasteiger partial charge >= 0.3 is 0 Å². The third-order valence-electron chi connectivity index (χ3n) is 1.56. The maximum Gasteiger partial charge on any atom is 0.151 e. The van der Waals surface area contributed by atoms with Crippen molar-refractivity contribution in [1.29, 1.82) is 0 Å². The Labute approximate surface area is 93.3 Å². The minimum atomic E-state index is 0.599. The largest absolute Gasteiger partial charge is 0.494 e. The number of ether oxygens (including phenoxy) is 1. The number of halogens is 3. The Kier molecular flexibility index (Phi) is 3.44. The van der Waals surface area contributed by atoms with Crippen molar-refractivity contribution in [3.8, 4) is 5.75 Å². The summed E-state index contributed by atoms with van der Waals surface area (Å²) in [6, 6.07) is 1.82. The summed E-state index contributed by atoms with van der Waals surface area (Å²) in [6.45, 7) is 1.98.